The van der Waals surface area contributed by atoms with Crippen LogP contribution in [0.5, 0.6) is 0 Å². The zero-order valence-electron chi connectivity index (χ0n) is 16.6. The van der Waals surface area contributed by atoms with Crippen LogP contribution in [-0.2, 0) is 11.2 Å². The van der Waals surface area contributed by atoms with Gasteiger partial charge in [0.25, 0.3) is 0 Å². The van der Waals surface area contributed by atoms with Gasteiger partial charge in [0.2, 0.25) is 11.8 Å². The van der Waals surface area contributed by atoms with Crippen molar-refractivity contribution in [2.24, 2.45) is 0 Å². The number of aromatic nitrogens is 2. The Morgan fingerprint density at radius 3 is 2.60 bits per heavy atom. The number of aryl methyl sites for hydroxylation is 2. The normalized spacial score (nSPS) is 10.8. The number of benzene rings is 2. The number of anilines is 1. The van der Waals surface area contributed by atoms with Gasteiger partial charge in [-0.15, -0.1) is 0 Å². The summed E-state index contributed by atoms with van der Waals surface area (Å²) in [5.74, 6) is 0.0660. The van der Waals surface area contributed by atoms with Crippen LogP contribution in [0.1, 0.15) is 16.7 Å². The highest BCUT2D eigenvalue weighted by atomic mass is 35.5. The molecule has 0 saturated heterocycles. The summed E-state index contributed by atoms with van der Waals surface area (Å²) in [5, 5.41) is 7.72. The molecule has 0 aliphatic heterocycles. The number of hydrogen-bond donors (Lipinski definition) is 1. The van der Waals surface area contributed by atoms with E-state index in [0.29, 0.717) is 16.6 Å². The maximum Gasteiger partial charge on any atom is 0.239 e. The van der Waals surface area contributed by atoms with E-state index in [1.807, 2.05) is 50.2 Å². The van der Waals surface area contributed by atoms with E-state index in [4.69, 9.17) is 16.1 Å². The van der Waals surface area contributed by atoms with E-state index in [0.717, 1.165) is 33.4 Å². The highest BCUT2D eigenvalue weighted by Crippen LogP contribution is 2.39. The summed E-state index contributed by atoms with van der Waals surface area (Å²) in [4.78, 5) is 16.8. The van der Waals surface area contributed by atoms with Gasteiger partial charge in [-0.1, -0.05) is 52.7 Å². The molecule has 5 nitrogen and oxygen atoms in total. The van der Waals surface area contributed by atoms with Crippen molar-refractivity contribution in [3.63, 3.8) is 0 Å². The van der Waals surface area contributed by atoms with E-state index in [1.165, 1.54) is 0 Å². The van der Waals surface area contributed by atoms with Gasteiger partial charge >= 0.3 is 0 Å². The number of nitrogens with zero attached hydrogens (tertiary/aromatic N) is 2. The fourth-order valence-corrected chi connectivity index (χ4v) is 3.52. The maximum atomic E-state index is 12.7. The molecule has 0 fully saturated rings. The van der Waals surface area contributed by atoms with Crippen molar-refractivity contribution in [1.29, 1.82) is 0 Å². The second-order valence-electron chi connectivity index (χ2n) is 7.11. The number of amides is 1. The number of carbonyl (C=O) groups excluding carboxylic acids is 1. The smallest absolute Gasteiger partial charge is 0.239 e. The number of nitrogens with one attached hydrogen (secondary N) is 1. The molecule has 0 atom stereocenters. The summed E-state index contributed by atoms with van der Waals surface area (Å²) >= 11 is 6.19. The van der Waals surface area contributed by atoms with Crippen molar-refractivity contribution < 1.29 is 9.32 Å². The van der Waals surface area contributed by atoms with Crippen LogP contribution in [0.25, 0.3) is 22.4 Å². The summed E-state index contributed by atoms with van der Waals surface area (Å²) in [6, 6.07) is 17.2. The molecular formula is C24H20ClN3O2. The summed E-state index contributed by atoms with van der Waals surface area (Å²) in [6.45, 7) is 4.05. The van der Waals surface area contributed by atoms with Gasteiger partial charge in [-0.2, -0.15) is 0 Å². The molecule has 1 N–H and O–H groups in total. The summed E-state index contributed by atoms with van der Waals surface area (Å²) < 4.78 is 5.60. The highest BCUT2D eigenvalue weighted by Gasteiger charge is 2.22. The van der Waals surface area contributed by atoms with Crippen molar-refractivity contribution >= 4 is 23.4 Å². The lowest BCUT2D eigenvalue weighted by atomic mass is 9.97. The van der Waals surface area contributed by atoms with E-state index in [2.05, 4.69) is 27.6 Å². The second-order valence-corrected chi connectivity index (χ2v) is 7.51. The Labute approximate surface area is 179 Å². The lowest BCUT2D eigenvalue weighted by molar-refractivity contribution is -0.115. The minimum Gasteiger partial charge on any atom is -0.337 e. The molecule has 0 unspecified atom stereocenters. The van der Waals surface area contributed by atoms with Crippen molar-refractivity contribution in [3.8, 4) is 22.4 Å². The van der Waals surface area contributed by atoms with E-state index < -0.39 is 0 Å². The zero-order chi connectivity index (χ0) is 21.1. The quantitative estimate of drug-likeness (QED) is 0.442. The van der Waals surface area contributed by atoms with Gasteiger partial charge in [-0.05, 0) is 54.8 Å². The van der Waals surface area contributed by atoms with Gasteiger partial charge < -0.3 is 4.52 Å². The van der Waals surface area contributed by atoms with Gasteiger partial charge in [0.05, 0.1) is 12.0 Å². The Bertz CT molecular complexity index is 1200. The van der Waals surface area contributed by atoms with Gasteiger partial charge in [-0.3, -0.25) is 15.1 Å². The monoisotopic (exact) mass is 417 g/mol. The molecule has 0 spiro atoms. The maximum absolute atomic E-state index is 12.7. The van der Waals surface area contributed by atoms with Gasteiger partial charge in [0.15, 0.2) is 0 Å². The Kier molecular flexibility index (Phi) is 5.63. The van der Waals surface area contributed by atoms with Crippen LogP contribution in [0.15, 0.2) is 71.5 Å². The Morgan fingerprint density at radius 1 is 1.07 bits per heavy atom. The van der Waals surface area contributed by atoms with Crippen LogP contribution in [0.2, 0.25) is 5.02 Å². The zero-order valence-corrected chi connectivity index (χ0v) is 17.4. The van der Waals surface area contributed by atoms with Crippen molar-refractivity contribution in [1.82, 2.24) is 10.1 Å². The molecule has 150 valence electrons. The number of rotatable bonds is 5. The first-order chi connectivity index (χ1) is 14.5. The summed E-state index contributed by atoms with van der Waals surface area (Å²) in [7, 11) is 0. The van der Waals surface area contributed by atoms with Crippen LogP contribution in [0.4, 0.5) is 5.88 Å². The minimum absolute atomic E-state index is 0.134. The van der Waals surface area contributed by atoms with Crippen LogP contribution >= 0.6 is 11.6 Å². The van der Waals surface area contributed by atoms with E-state index >= 15 is 0 Å². The fraction of sp³-hybridized carbons (Fsp3) is 0.125. The molecule has 0 aliphatic carbocycles. The third-order valence-electron chi connectivity index (χ3n) is 4.87. The molecule has 6 heteroatoms. The van der Waals surface area contributed by atoms with Crippen molar-refractivity contribution in [3.05, 3.63) is 88.7 Å². The van der Waals surface area contributed by atoms with Crippen LogP contribution in [-0.4, -0.2) is 16.0 Å². The molecule has 4 rings (SSSR count). The number of carbonyl (C=O) groups is 1. The van der Waals surface area contributed by atoms with Crippen LogP contribution < -0.4 is 5.32 Å². The minimum atomic E-state index is -0.234. The molecule has 2 aromatic carbocycles. The van der Waals surface area contributed by atoms with Crippen LogP contribution in [0.3, 0.4) is 0 Å². The molecule has 30 heavy (non-hydrogen) atoms. The Hall–Kier alpha value is -3.44. The third-order valence-corrected chi connectivity index (χ3v) is 5.24. The Balaban J connectivity index is 1.74. The summed E-state index contributed by atoms with van der Waals surface area (Å²) in [6.07, 6.45) is 3.53. The van der Waals surface area contributed by atoms with E-state index in [9.17, 15) is 4.79 Å². The molecule has 4 aromatic rings. The molecule has 0 aliphatic rings. The first-order valence-electron chi connectivity index (χ1n) is 9.54. The molecule has 0 radical (unpaired) electrons. The fourth-order valence-electron chi connectivity index (χ4n) is 3.32. The second kappa shape index (κ2) is 8.51. The number of halogens is 1. The standard InChI is InChI=1S/C24H20ClN3O2/c1-15-7-8-16(2)19(13-15)23-22(17-9-11-26-12-10-17)24(30-28-23)27-21(29)14-18-5-3-4-6-20(18)25/h3-13H,14H2,1-2H3,(H,27,29). The lowest BCUT2D eigenvalue weighted by Crippen LogP contribution is -2.14. The van der Waals surface area contributed by atoms with Crippen LogP contribution in [0, 0.1) is 13.8 Å². The first kappa shape index (κ1) is 19.9. The van der Waals surface area contributed by atoms with Gasteiger partial charge in [0.1, 0.15) is 5.69 Å². The van der Waals surface area contributed by atoms with Crippen molar-refractivity contribution in [2.75, 3.05) is 5.32 Å². The molecule has 1 amide bonds. The first-order valence-corrected chi connectivity index (χ1v) is 9.91. The van der Waals surface area contributed by atoms with Crippen molar-refractivity contribution in [2.45, 2.75) is 20.3 Å². The average molecular weight is 418 g/mol. The van der Waals surface area contributed by atoms with Gasteiger partial charge in [0, 0.05) is 23.0 Å². The predicted molar refractivity (Wildman–Crippen MR) is 118 cm³/mol. The topological polar surface area (TPSA) is 68.0 Å². The number of hydrogen-bond acceptors (Lipinski definition) is 4. The SMILES string of the molecule is Cc1ccc(C)c(-c2noc(NC(=O)Cc3ccccc3Cl)c2-c2ccncc2)c1. The highest BCUT2D eigenvalue weighted by molar-refractivity contribution is 6.31. The van der Waals surface area contributed by atoms with E-state index in [1.54, 1.807) is 18.5 Å². The molecule has 0 saturated carbocycles. The average Bonchev–Trinajstić information content (AvgIpc) is 3.15. The molecule has 0 bridgehead atoms. The summed E-state index contributed by atoms with van der Waals surface area (Å²) in [5.41, 5.74) is 6.14. The number of pyridine rings is 1. The molecule has 2 heterocycles. The Morgan fingerprint density at radius 2 is 1.83 bits per heavy atom. The molecule has 2 aromatic heterocycles. The largest absolute Gasteiger partial charge is 0.337 e. The molecular weight excluding hydrogens is 398 g/mol. The predicted octanol–water partition coefficient (Wildman–Crippen LogP) is 5.86. The van der Waals surface area contributed by atoms with Gasteiger partial charge in [-0.25, -0.2) is 0 Å². The lowest BCUT2D eigenvalue weighted by Gasteiger charge is -2.09. The van der Waals surface area contributed by atoms with E-state index in [-0.39, 0.29) is 12.3 Å². The third kappa shape index (κ3) is 4.11.